The van der Waals surface area contributed by atoms with Crippen LogP contribution in [-0.2, 0) is 19.1 Å². The van der Waals surface area contributed by atoms with Crippen molar-refractivity contribution >= 4 is 52.5 Å². The highest BCUT2D eigenvalue weighted by molar-refractivity contribution is 14.1. The fourth-order valence-corrected chi connectivity index (χ4v) is 4.70. The van der Waals surface area contributed by atoms with Gasteiger partial charge < -0.3 is 14.2 Å². The lowest BCUT2D eigenvalue weighted by Crippen LogP contribution is -2.58. The Kier molecular flexibility index (Phi) is 8.70. The molecule has 0 atom stereocenters. The van der Waals surface area contributed by atoms with Gasteiger partial charge in [-0.05, 0) is 73.1 Å². The minimum Gasteiger partial charge on any atom is -0.490 e. The summed E-state index contributed by atoms with van der Waals surface area (Å²) in [7, 11) is 0. The van der Waals surface area contributed by atoms with Crippen molar-refractivity contribution in [2.75, 3.05) is 19.8 Å². The Morgan fingerprint density at radius 2 is 1.85 bits per heavy atom. The molecule has 1 saturated heterocycles. The molecule has 0 aromatic heterocycles. The molecule has 1 aromatic rings. The van der Waals surface area contributed by atoms with Gasteiger partial charge in [0.25, 0.3) is 11.8 Å². The van der Waals surface area contributed by atoms with Crippen molar-refractivity contribution in [1.82, 2.24) is 10.2 Å². The Bertz CT molecular complexity index is 970. The van der Waals surface area contributed by atoms with E-state index in [1.54, 1.807) is 26.0 Å². The molecule has 0 spiro atoms. The van der Waals surface area contributed by atoms with Gasteiger partial charge in [-0.3, -0.25) is 19.8 Å². The van der Waals surface area contributed by atoms with Crippen LogP contribution in [0, 0.1) is 3.57 Å². The van der Waals surface area contributed by atoms with E-state index in [1.807, 2.05) is 22.6 Å². The third kappa shape index (κ3) is 6.04. The maximum atomic E-state index is 13.1. The third-order valence-electron chi connectivity index (χ3n) is 5.36. The summed E-state index contributed by atoms with van der Waals surface area (Å²) in [6, 6.07) is 2.46. The van der Waals surface area contributed by atoms with Crippen LogP contribution in [0.25, 0.3) is 6.08 Å². The molecule has 2 fully saturated rings. The summed E-state index contributed by atoms with van der Waals surface area (Å²) in [4.78, 5) is 50.9. The average Bonchev–Trinajstić information content (AvgIpc) is 2.77. The first-order chi connectivity index (χ1) is 15.8. The van der Waals surface area contributed by atoms with Gasteiger partial charge >= 0.3 is 12.0 Å². The molecule has 1 N–H and O–H groups in total. The zero-order valence-corrected chi connectivity index (χ0v) is 20.8. The SMILES string of the molecule is CCOC(=O)COc1c(I)cc(C=C2C(=O)NC(=O)N(C3CCCCC3)C2=O)cc1OCC. The molecule has 1 saturated carbocycles. The largest absolute Gasteiger partial charge is 0.490 e. The van der Waals surface area contributed by atoms with Gasteiger partial charge in [0.1, 0.15) is 5.57 Å². The third-order valence-corrected chi connectivity index (χ3v) is 6.16. The van der Waals surface area contributed by atoms with Gasteiger partial charge in [0.05, 0.1) is 16.8 Å². The molecule has 1 aliphatic heterocycles. The van der Waals surface area contributed by atoms with Gasteiger partial charge in [-0.15, -0.1) is 0 Å². The van der Waals surface area contributed by atoms with Gasteiger partial charge in [0.2, 0.25) is 0 Å². The molecular formula is C23H27IN2O7. The fourth-order valence-electron chi connectivity index (χ4n) is 3.92. The van der Waals surface area contributed by atoms with E-state index >= 15 is 0 Å². The quantitative estimate of drug-likeness (QED) is 0.221. The number of carbonyl (C=O) groups excluding carboxylic acids is 4. The van der Waals surface area contributed by atoms with Crippen molar-refractivity contribution in [3.63, 3.8) is 0 Å². The standard InChI is InChI=1S/C23H27IN2O7/c1-3-31-18-12-14(11-17(24)20(18)33-13-19(27)32-4-2)10-16-21(28)25-23(30)26(22(16)29)15-8-6-5-7-9-15/h10-12,15H,3-9,13H2,1-2H3,(H,25,28,30). The van der Waals surface area contributed by atoms with Crippen LogP contribution in [0.4, 0.5) is 4.79 Å². The van der Waals surface area contributed by atoms with Gasteiger partial charge in [-0.1, -0.05) is 19.3 Å². The Balaban J connectivity index is 1.90. The molecule has 33 heavy (non-hydrogen) atoms. The first kappa shape index (κ1) is 25.0. The minimum atomic E-state index is -0.729. The number of esters is 1. The van der Waals surface area contributed by atoms with E-state index in [0.29, 0.717) is 27.2 Å². The second-order valence-corrected chi connectivity index (χ2v) is 8.80. The van der Waals surface area contributed by atoms with E-state index in [9.17, 15) is 19.2 Å². The van der Waals surface area contributed by atoms with Crippen LogP contribution in [0.15, 0.2) is 17.7 Å². The summed E-state index contributed by atoms with van der Waals surface area (Å²) in [5, 5.41) is 2.29. The zero-order valence-electron chi connectivity index (χ0n) is 18.6. The molecule has 2 aliphatic rings. The second kappa shape index (κ2) is 11.5. The topological polar surface area (TPSA) is 111 Å². The van der Waals surface area contributed by atoms with Crippen molar-refractivity contribution < 1.29 is 33.4 Å². The van der Waals surface area contributed by atoms with E-state index in [1.165, 1.54) is 11.0 Å². The minimum absolute atomic E-state index is 0.112. The molecular weight excluding hydrogens is 543 g/mol. The fraction of sp³-hybridized carbons (Fsp3) is 0.478. The van der Waals surface area contributed by atoms with E-state index in [0.717, 1.165) is 32.1 Å². The van der Waals surface area contributed by atoms with Gasteiger partial charge in [0, 0.05) is 6.04 Å². The first-order valence-electron chi connectivity index (χ1n) is 11.0. The van der Waals surface area contributed by atoms with E-state index in [-0.39, 0.29) is 24.8 Å². The summed E-state index contributed by atoms with van der Waals surface area (Å²) in [6.07, 6.45) is 5.87. The normalized spacial score (nSPS) is 18.3. The molecule has 1 aromatic carbocycles. The summed E-state index contributed by atoms with van der Waals surface area (Å²) in [5.74, 6) is -1.09. The van der Waals surface area contributed by atoms with Crippen LogP contribution in [0.1, 0.15) is 51.5 Å². The highest BCUT2D eigenvalue weighted by Crippen LogP contribution is 2.35. The predicted octanol–water partition coefficient (Wildman–Crippen LogP) is 3.43. The summed E-state index contributed by atoms with van der Waals surface area (Å²) < 4.78 is 16.8. The van der Waals surface area contributed by atoms with Crippen LogP contribution in [0.3, 0.4) is 0 Å². The zero-order chi connectivity index (χ0) is 24.0. The van der Waals surface area contributed by atoms with Crippen molar-refractivity contribution in [1.29, 1.82) is 0 Å². The number of hydrogen-bond donors (Lipinski definition) is 1. The number of hydrogen-bond acceptors (Lipinski definition) is 7. The maximum Gasteiger partial charge on any atom is 0.344 e. The maximum absolute atomic E-state index is 13.1. The van der Waals surface area contributed by atoms with Crippen LogP contribution < -0.4 is 14.8 Å². The molecule has 0 unspecified atom stereocenters. The molecule has 10 heteroatoms. The number of imide groups is 2. The first-order valence-corrected chi connectivity index (χ1v) is 12.1. The second-order valence-electron chi connectivity index (χ2n) is 7.64. The Hall–Kier alpha value is -2.63. The molecule has 1 heterocycles. The average molecular weight is 570 g/mol. The number of ether oxygens (including phenoxy) is 3. The molecule has 3 rings (SSSR count). The summed E-state index contributed by atoms with van der Waals surface area (Å²) in [6.45, 7) is 3.83. The van der Waals surface area contributed by atoms with Crippen molar-refractivity contribution in [3.05, 3.63) is 26.8 Å². The smallest absolute Gasteiger partial charge is 0.344 e. The van der Waals surface area contributed by atoms with E-state index in [2.05, 4.69) is 5.32 Å². The van der Waals surface area contributed by atoms with Crippen LogP contribution >= 0.6 is 22.6 Å². The predicted molar refractivity (Wildman–Crippen MR) is 128 cm³/mol. The van der Waals surface area contributed by atoms with Crippen molar-refractivity contribution in [2.24, 2.45) is 0 Å². The van der Waals surface area contributed by atoms with Crippen LogP contribution in [0.5, 0.6) is 11.5 Å². The van der Waals surface area contributed by atoms with E-state index < -0.39 is 23.8 Å². The van der Waals surface area contributed by atoms with Gasteiger partial charge in [-0.2, -0.15) is 0 Å². The monoisotopic (exact) mass is 570 g/mol. The molecule has 1 aliphatic carbocycles. The number of nitrogens with one attached hydrogen (secondary N) is 1. The Morgan fingerprint density at radius 3 is 2.52 bits per heavy atom. The Morgan fingerprint density at radius 1 is 1.12 bits per heavy atom. The molecule has 0 bridgehead atoms. The van der Waals surface area contributed by atoms with E-state index in [4.69, 9.17) is 14.2 Å². The van der Waals surface area contributed by atoms with Crippen molar-refractivity contribution in [2.45, 2.75) is 52.0 Å². The number of benzene rings is 1. The lowest BCUT2D eigenvalue weighted by Gasteiger charge is -2.35. The number of carbonyl (C=O) groups is 4. The highest BCUT2D eigenvalue weighted by atomic mass is 127. The summed E-state index contributed by atoms with van der Waals surface area (Å²) >= 11 is 2.03. The lowest BCUT2D eigenvalue weighted by atomic mass is 9.93. The Labute approximate surface area is 205 Å². The van der Waals surface area contributed by atoms with Crippen LogP contribution in [0.2, 0.25) is 0 Å². The number of urea groups is 1. The lowest BCUT2D eigenvalue weighted by molar-refractivity contribution is -0.145. The molecule has 0 radical (unpaired) electrons. The molecule has 9 nitrogen and oxygen atoms in total. The molecule has 178 valence electrons. The van der Waals surface area contributed by atoms with Crippen molar-refractivity contribution in [3.8, 4) is 11.5 Å². The number of barbiturate groups is 1. The number of amides is 4. The van der Waals surface area contributed by atoms with Crippen LogP contribution in [-0.4, -0.2) is 54.6 Å². The number of halogens is 1. The van der Waals surface area contributed by atoms with Gasteiger partial charge in [0.15, 0.2) is 18.1 Å². The molecule has 4 amide bonds. The summed E-state index contributed by atoms with van der Waals surface area (Å²) in [5.41, 5.74) is 0.418. The van der Waals surface area contributed by atoms with Gasteiger partial charge in [-0.25, -0.2) is 9.59 Å². The number of nitrogens with zero attached hydrogens (tertiary/aromatic N) is 1. The highest BCUT2D eigenvalue weighted by Gasteiger charge is 2.40. The number of rotatable bonds is 8.